The van der Waals surface area contributed by atoms with E-state index in [0.29, 0.717) is 6.54 Å². The highest BCUT2D eigenvalue weighted by atomic mass is 127. The standard InChI is InChI=1S/C16H20BrN3OS.HI/c1-18-16(20-9-15-7-14(17)11-22-15)19-8-13(10-21)12-5-3-2-4-6-12;/h2-7,11,13,21H,8-10H2,1H3,(H2,18,19,20);1H. The number of rotatable bonds is 6. The lowest BCUT2D eigenvalue weighted by molar-refractivity contribution is 0.265. The van der Waals surface area contributed by atoms with E-state index in [4.69, 9.17) is 0 Å². The third kappa shape index (κ3) is 6.78. The molecular formula is C16H21BrIN3OS. The van der Waals surface area contributed by atoms with Crippen molar-refractivity contribution in [3.8, 4) is 0 Å². The molecule has 126 valence electrons. The molecule has 0 saturated carbocycles. The molecule has 0 spiro atoms. The summed E-state index contributed by atoms with van der Waals surface area (Å²) in [6.45, 7) is 1.46. The molecule has 0 aliphatic heterocycles. The molecule has 0 bridgehead atoms. The van der Waals surface area contributed by atoms with Crippen LogP contribution in [0.15, 0.2) is 51.2 Å². The number of guanidine groups is 1. The topological polar surface area (TPSA) is 56.7 Å². The van der Waals surface area contributed by atoms with E-state index in [0.717, 1.165) is 22.5 Å². The molecule has 0 saturated heterocycles. The molecule has 23 heavy (non-hydrogen) atoms. The van der Waals surface area contributed by atoms with Gasteiger partial charge in [-0.1, -0.05) is 30.3 Å². The van der Waals surface area contributed by atoms with Crippen LogP contribution >= 0.6 is 51.2 Å². The number of benzene rings is 1. The van der Waals surface area contributed by atoms with E-state index in [1.807, 2.05) is 30.3 Å². The van der Waals surface area contributed by atoms with Crippen molar-refractivity contribution in [1.82, 2.24) is 10.6 Å². The van der Waals surface area contributed by atoms with E-state index in [2.05, 4.69) is 43.0 Å². The Balaban J connectivity index is 0.00000264. The third-order valence-electron chi connectivity index (χ3n) is 3.28. The van der Waals surface area contributed by atoms with E-state index in [1.54, 1.807) is 18.4 Å². The molecule has 0 aliphatic carbocycles. The number of aliphatic hydroxyl groups excluding tert-OH is 1. The van der Waals surface area contributed by atoms with E-state index in [9.17, 15) is 5.11 Å². The van der Waals surface area contributed by atoms with Crippen LogP contribution in [0.5, 0.6) is 0 Å². The Hall–Kier alpha value is -0.640. The van der Waals surface area contributed by atoms with Crippen molar-refractivity contribution < 1.29 is 5.11 Å². The van der Waals surface area contributed by atoms with Crippen molar-refractivity contribution in [3.63, 3.8) is 0 Å². The molecule has 0 fully saturated rings. The molecule has 7 heteroatoms. The van der Waals surface area contributed by atoms with E-state index < -0.39 is 0 Å². The largest absolute Gasteiger partial charge is 0.396 e. The summed E-state index contributed by atoms with van der Waals surface area (Å²) in [5, 5.41) is 18.2. The maximum Gasteiger partial charge on any atom is 0.191 e. The molecule has 1 aromatic carbocycles. The van der Waals surface area contributed by atoms with E-state index in [1.165, 1.54) is 4.88 Å². The first-order valence-corrected chi connectivity index (χ1v) is 8.73. The van der Waals surface area contributed by atoms with Gasteiger partial charge in [0.1, 0.15) is 0 Å². The molecule has 0 radical (unpaired) electrons. The Labute approximate surface area is 166 Å². The van der Waals surface area contributed by atoms with Crippen LogP contribution in [-0.4, -0.2) is 31.3 Å². The van der Waals surface area contributed by atoms with E-state index in [-0.39, 0.29) is 36.5 Å². The van der Waals surface area contributed by atoms with Gasteiger partial charge in [0.05, 0.1) is 13.2 Å². The number of hydrogen-bond acceptors (Lipinski definition) is 3. The van der Waals surface area contributed by atoms with Gasteiger partial charge in [-0.15, -0.1) is 35.3 Å². The molecule has 0 aliphatic rings. The molecule has 1 atom stereocenters. The van der Waals surface area contributed by atoms with Crippen LogP contribution in [0, 0.1) is 0 Å². The van der Waals surface area contributed by atoms with Gasteiger partial charge >= 0.3 is 0 Å². The number of aliphatic imine (C=N–C) groups is 1. The smallest absolute Gasteiger partial charge is 0.191 e. The van der Waals surface area contributed by atoms with Crippen molar-refractivity contribution >= 4 is 57.2 Å². The van der Waals surface area contributed by atoms with Gasteiger partial charge < -0.3 is 15.7 Å². The summed E-state index contributed by atoms with van der Waals surface area (Å²) >= 11 is 5.15. The first-order valence-electron chi connectivity index (χ1n) is 7.06. The number of nitrogens with one attached hydrogen (secondary N) is 2. The lowest BCUT2D eigenvalue weighted by Gasteiger charge is -2.17. The van der Waals surface area contributed by atoms with Crippen molar-refractivity contribution in [3.05, 3.63) is 56.7 Å². The summed E-state index contributed by atoms with van der Waals surface area (Å²) in [6.07, 6.45) is 0. The second-order valence-corrected chi connectivity index (χ2v) is 6.74. The maximum atomic E-state index is 9.57. The highest BCUT2D eigenvalue weighted by molar-refractivity contribution is 14.0. The lowest BCUT2D eigenvalue weighted by atomic mass is 10.0. The first-order chi connectivity index (χ1) is 10.7. The predicted octanol–water partition coefficient (Wildman–Crippen LogP) is 3.57. The highest BCUT2D eigenvalue weighted by Crippen LogP contribution is 2.19. The van der Waals surface area contributed by atoms with Crippen LogP contribution < -0.4 is 10.6 Å². The van der Waals surface area contributed by atoms with Crippen LogP contribution in [0.25, 0.3) is 0 Å². The minimum atomic E-state index is 0. The zero-order valence-electron chi connectivity index (χ0n) is 12.8. The van der Waals surface area contributed by atoms with Crippen LogP contribution in [0.4, 0.5) is 0 Å². The fraction of sp³-hybridized carbons (Fsp3) is 0.312. The second-order valence-electron chi connectivity index (χ2n) is 4.83. The van der Waals surface area contributed by atoms with Crippen molar-refractivity contribution in [1.29, 1.82) is 0 Å². The maximum absolute atomic E-state index is 9.57. The fourth-order valence-corrected chi connectivity index (χ4v) is 3.46. The van der Waals surface area contributed by atoms with Gasteiger partial charge in [-0.2, -0.15) is 0 Å². The van der Waals surface area contributed by atoms with Crippen LogP contribution in [0.2, 0.25) is 0 Å². The number of nitrogens with zero attached hydrogens (tertiary/aromatic N) is 1. The summed E-state index contributed by atoms with van der Waals surface area (Å²) in [4.78, 5) is 5.45. The third-order valence-corrected chi connectivity index (χ3v) is 4.98. The highest BCUT2D eigenvalue weighted by Gasteiger charge is 2.10. The quantitative estimate of drug-likeness (QED) is 0.317. The minimum absolute atomic E-state index is 0. The summed E-state index contributed by atoms with van der Waals surface area (Å²) in [5.41, 5.74) is 1.12. The molecule has 2 aromatic rings. The zero-order chi connectivity index (χ0) is 15.8. The summed E-state index contributed by atoms with van der Waals surface area (Å²) in [5.74, 6) is 0.787. The number of thiophene rings is 1. The second kappa shape index (κ2) is 11.0. The van der Waals surface area contributed by atoms with Crippen LogP contribution in [0.1, 0.15) is 16.4 Å². The monoisotopic (exact) mass is 509 g/mol. The van der Waals surface area contributed by atoms with Gasteiger partial charge in [-0.05, 0) is 27.6 Å². The van der Waals surface area contributed by atoms with Gasteiger partial charge in [-0.25, -0.2) is 0 Å². The minimum Gasteiger partial charge on any atom is -0.396 e. The lowest BCUT2D eigenvalue weighted by Crippen LogP contribution is -2.39. The number of halogens is 2. The van der Waals surface area contributed by atoms with Gasteiger partial charge in [0, 0.05) is 34.2 Å². The molecular weight excluding hydrogens is 489 g/mol. The number of aliphatic hydroxyl groups is 1. The molecule has 1 unspecified atom stereocenters. The average molecular weight is 510 g/mol. The first kappa shape index (κ1) is 20.4. The fourth-order valence-electron chi connectivity index (χ4n) is 2.07. The molecule has 4 nitrogen and oxygen atoms in total. The molecule has 3 N–H and O–H groups in total. The average Bonchev–Trinajstić information content (AvgIpc) is 2.97. The normalized spacial score (nSPS) is 12.4. The van der Waals surface area contributed by atoms with Crippen molar-refractivity contribution in [2.24, 2.45) is 4.99 Å². The molecule has 0 amide bonds. The SMILES string of the molecule is CN=C(NCc1cc(Br)cs1)NCC(CO)c1ccccc1.I. The predicted molar refractivity (Wildman–Crippen MR) is 112 cm³/mol. The molecule has 1 heterocycles. The van der Waals surface area contributed by atoms with Gasteiger partial charge in [0.2, 0.25) is 0 Å². The van der Waals surface area contributed by atoms with E-state index >= 15 is 0 Å². The Kier molecular flexibility index (Phi) is 9.77. The Morgan fingerprint density at radius 2 is 2.04 bits per heavy atom. The Bertz CT molecular complexity index is 606. The summed E-state index contributed by atoms with van der Waals surface area (Å²) in [6, 6.07) is 12.1. The summed E-state index contributed by atoms with van der Waals surface area (Å²) < 4.78 is 1.10. The van der Waals surface area contributed by atoms with Gasteiger partial charge in [0.15, 0.2) is 5.96 Å². The van der Waals surface area contributed by atoms with Gasteiger partial charge in [0.25, 0.3) is 0 Å². The van der Waals surface area contributed by atoms with Gasteiger partial charge in [-0.3, -0.25) is 4.99 Å². The van der Waals surface area contributed by atoms with Crippen LogP contribution in [0.3, 0.4) is 0 Å². The van der Waals surface area contributed by atoms with Crippen molar-refractivity contribution in [2.45, 2.75) is 12.5 Å². The molecule has 2 rings (SSSR count). The summed E-state index contributed by atoms with van der Waals surface area (Å²) in [7, 11) is 1.75. The zero-order valence-corrected chi connectivity index (χ0v) is 17.6. The van der Waals surface area contributed by atoms with Crippen molar-refractivity contribution in [2.75, 3.05) is 20.2 Å². The number of hydrogen-bond donors (Lipinski definition) is 3. The Morgan fingerprint density at radius 3 is 2.61 bits per heavy atom. The Morgan fingerprint density at radius 1 is 1.30 bits per heavy atom. The molecule has 1 aromatic heterocycles. The van der Waals surface area contributed by atoms with Crippen LogP contribution in [-0.2, 0) is 6.54 Å².